The average Bonchev–Trinajstić information content (AvgIpc) is 2.85. The molecule has 0 radical (unpaired) electrons. The Bertz CT molecular complexity index is 375. The van der Waals surface area contributed by atoms with E-state index in [1.807, 2.05) is 0 Å². The van der Waals surface area contributed by atoms with E-state index < -0.39 is 0 Å². The average molecular weight is 245 g/mol. The summed E-state index contributed by atoms with van der Waals surface area (Å²) in [5, 5.41) is 9.61. The van der Waals surface area contributed by atoms with E-state index in [-0.39, 0.29) is 6.61 Å². The van der Waals surface area contributed by atoms with Crippen LogP contribution in [0.3, 0.4) is 0 Å². The summed E-state index contributed by atoms with van der Waals surface area (Å²) in [7, 11) is 0. The van der Waals surface area contributed by atoms with Gasteiger partial charge in [0.05, 0.1) is 6.61 Å². The number of benzene rings is 1. The molecular weight excluding hydrogens is 222 g/mol. The smallest absolute Gasteiger partial charge is 0.0590 e. The summed E-state index contributed by atoms with van der Waals surface area (Å²) in [6.45, 7) is 2.71. The summed E-state index contributed by atoms with van der Waals surface area (Å²) in [6.07, 6.45) is 6.63. The largest absolute Gasteiger partial charge is 0.395 e. The Balaban J connectivity index is 1.58. The molecule has 2 fully saturated rings. The van der Waals surface area contributed by atoms with Gasteiger partial charge < -0.3 is 5.11 Å². The maximum Gasteiger partial charge on any atom is 0.0590 e. The van der Waals surface area contributed by atoms with Gasteiger partial charge in [-0.15, -0.1) is 0 Å². The van der Waals surface area contributed by atoms with E-state index in [4.69, 9.17) is 0 Å². The molecule has 3 rings (SSSR count). The fraction of sp³-hybridized carbons (Fsp3) is 0.625. The lowest BCUT2D eigenvalue weighted by molar-refractivity contribution is -0.0417. The number of hydrogen-bond donors (Lipinski definition) is 1. The second-order valence-electron chi connectivity index (χ2n) is 6.14. The minimum absolute atomic E-state index is 0.283. The van der Waals surface area contributed by atoms with Crippen molar-refractivity contribution in [3.63, 3.8) is 0 Å². The second-order valence-corrected chi connectivity index (χ2v) is 6.14. The molecule has 98 valence electrons. The van der Waals surface area contributed by atoms with Crippen molar-refractivity contribution < 1.29 is 5.11 Å². The highest BCUT2D eigenvalue weighted by Gasteiger charge is 2.46. The molecule has 0 aromatic heterocycles. The molecule has 0 bridgehead atoms. The van der Waals surface area contributed by atoms with E-state index in [1.165, 1.54) is 44.3 Å². The summed E-state index contributed by atoms with van der Waals surface area (Å²) in [5.41, 5.74) is 1.97. The van der Waals surface area contributed by atoms with Gasteiger partial charge in [-0.05, 0) is 30.2 Å². The summed E-state index contributed by atoms with van der Waals surface area (Å²) in [6, 6.07) is 10.9. The predicted molar refractivity (Wildman–Crippen MR) is 73.5 cm³/mol. The number of rotatable bonds is 4. The van der Waals surface area contributed by atoms with Gasteiger partial charge in [-0.3, -0.25) is 4.90 Å². The van der Waals surface area contributed by atoms with Gasteiger partial charge in [0.15, 0.2) is 0 Å². The first-order valence-electron chi connectivity index (χ1n) is 7.20. The Hall–Kier alpha value is -0.860. The molecule has 2 nitrogen and oxygen atoms in total. The first-order chi connectivity index (χ1) is 8.81. The summed E-state index contributed by atoms with van der Waals surface area (Å²) < 4.78 is 0. The minimum Gasteiger partial charge on any atom is -0.395 e. The zero-order valence-electron chi connectivity index (χ0n) is 11.0. The van der Waals surface area contributed by atoms with Gasteiger partial charge in [0, 0.05) is 19.1 Å². The van der Waals surface area contributed by atoms with Crippen LogP contribution in [0.1, 0.15) is 31.2 Å². The van der Waals surface area contributed by atoms with E-state index in [2.05, 4.69) is 35.2 Å². The van der Waals surface area contributed by atoms with Crippen LogP contribution < -0.4 is 0 Å². The Kier molecular flexibility index (Phi) is 3.40. The van der Waals surface area contributed by atoms with Gasteiger partial charge in [-0.2, -0.15) is 0 Å². The van der Waals surface area contributed by atoms with Crippen LogP contribution in [-0.2, 0) is 6.42 Å². The zero-order valence-corrected chi connectivity index (χ0v) is 11.0. The molecule has 1 spiro atoms. The zero-order chi connectivity index (χ0) is 12.4. The second kappa shape index (κ2) is 5.02. The Morgan fingerprint density at radius 2 is 1.78 bits per heavy atom. The van der Waals surface area contributed by atoms with Crippen LogP contribution in [-0.4, -0.2) is 35.7 Å². The highest BCUT2D eigenvalue weighted by Crippen LogP contribution is 2.46. The monoisotopic (exact) mass is 245 g/mol. The molecule has 0 amide bonds. The SMILES string of the molecule is OCC(Cc1ccccc1)N1CC2(CCCC2)C1. The highest BCUT2D eigenvalue weighted by atomic mass is 16.3. The van der Waals surface area contributed by atoms with Crippen molar-refractivity contribution in [2.24, 2.45) is 5.41 Å². The third-order valence-electron chi connectivity index (χ3n) is 4.78. The third kappa shape index (κ3) is 2.32. The first kappa shape index (κ1) is 12.2. The van der Waals surface area contributed by atoms with Crippen LogP contribution in [0.5, 0.6) is 0 Å². The van der Waals surface area contributed by atoms with Crippen molar-refractivity contribution >= 4 is 0 Å². The predicted octanol–water partition coefficient (Wildman–Crippen LogP) is 2.47. The number of aliphatic hydroxyl groups excluding tert-OH is 1. The summed E-state index contributed by atoms with van der Waals surface area (Å²) in [4.78, 5) is 2.48. The number of likely N-dealkylation sites (tertiary alicyclic amines) is 1. The van der Waals surface area contributed by atoms with E-state index in [1.54, 1.807) is 0 Å². The van der Waals surface area contributed by atoms with Crippen LogP contribution in [0.25, 0.3) is 0 Å². The molecule has 1 heterocycles. The lowest BCUT2D eigenvalue weighted by Crippen LogP contribution is -2.60. The lowest BCUT2D eigenvalue weighted by atomic mass is 9.77. The van der Waals surface area contributed by atoms with Crippen molar-refractivity contribution in [1.29, 1.82) is 0 Å². The van der Waals surface area contributed by atoms with E-state index in [0.29, 0.717) is 11.5 Å². The maximum atomic E-state index is 9.61. The first-order valence-corrected chi connectivity index (χ1v) is 7.20. The van der Waals surface area contributed by atoms with E-state index in [0.717, 1.165) is 6.42 Å². The van der Waals surface area contributed by atoms with Crippen LogP contribution in [0, 0.1) is 5.41 Å². The van der Waals surface area contributed by atoms with Crippen molar-refractivity contribution in [2.45, 2.75) is 38.1 Å². The Morgan fingerprint density at radius 1 is 1.11 bits per heavy atom. The summed E-state index contributed by atoms with van der Waals surface area (Å²) in [5.74, 6) is 0. The third-order valence-corrected chi connectivity index (χ3v) is 4.78. The van der Waals surface area contributed by atoms with Crippen molar-refractivity contribution in [3.8, 4) is 0 Å². The number of nitrogens with zero attached hydrogens (tertiary/aromatic N) is 1. The molecule has 18 heavy (non-hydrogen) atoms. The maximum absolute atomic E-state index is 9.61. The van der Waals surface area contributed by atoms with E-state index >= 15 is 0 Å². The normalized spacial score (nSPS) is 24.1. The molecular formula is C16H23NO. The summed E-state index contributed by atoms with van der Waals surface area (Å²) >= 11 is 0. The van der Waals surface area contributed by atoms with Crippen LogP contribution in [0.2, 0.25) is 0 Å². The molecule has 1 atom stereocenters. The van der Waals surface area contributed by atoms with Crippen molar-refractivity contribution in [1.82, 2.24) is 4.90 Å². The van der Waals surface area contributed by atoms with Gasteiger partial charge in [0.1, 0.15) is 0 Å². The number of aliphatic hydroxyl groups is 1. The molecule has 1 aromatic carbocycles. The lowest BCUT2D eigenvalue weighted by Gasteiger charge is -2.51. The fourth-order valence-electron chi connectivity index (χ4n) is 3.71. The molecule has 1 saturated heterocycles. The Labute approximate surface area is 110 Å². The highest BCUT2D eigenvalue weighted by molar-refractivity contribution is 5.16. The molecule has 1 N–H and O–H groups in total. The molecule has 1 aromatic rings. The number of hydrogen-bond acceptors (Lipinski definition) is 2. The molecule has 2 aliphatic rings. The van der Waals surface area contributed by atoms with Crippen LogP contribution >= 0.6 is 0 Å². The molecule has 1 aliphatic carbocycles. The molecule has 1 unspecified atom stereocenters. The van der Waals surface area contributed by atoms with Crippen LogP contribution in [0.4, 0.5) is 0 Å². The van der Waals surface area contributed by atoms with Gasteiger partial charge in [0.25, 0.3) is 0 Å². The van der Waals surface area contributed by atoms with Gasteiger partial charge in [-0.25, -0.2) is 0 Å². The topological polar surface area (TPSA) is 23.5 Å². The minimum atomic E-state index is 0.283. The molecule has 1 aliphatic heterocycles. The molecule has 2 heteroatoms. The van der Waals surface area contributed by atoms with Gasteiger partial charge in [-0.1, -0.05) is 43.2 Å². The van der Waals surface area contributed by atoms with Crippen LogP contribution in [0.15, 0.2) is 30.3 Å². The quantitative estimate of drug-likeness (QED) is 0.881. The van der Waals surface area contributed by atoms with Crippen molar-refractivity contribution in [2.75, 3.05) is 19.7 Å². The van der Waals surface area contributed by atoms with E-state index in [9.17, 15) is 5.11 Å². The fourth-order valence-corrected chi connectivity index (χ4v) is 3.71. The van der Waals surface area contributed by atoms with Gasteiger partial charge >= 0.3 is 0 Å². The molecule has 1 saturated carbocycles. The standard InChI is InChI=1S/C16H23NO/c18-11-15(10-14-6-2-1-3-7-14)17-12-16(13-17)8-4-5-9-16/h1-3,6-7,15,18H,4-5,8-13H2. The van der Waals surface area contributed by atoms with Crippen molar-refractivity contribution in [3.05, 3.63) is 35.9 Å². The Morgan fingerprint density at radius 3 is 2.39 bits per heavy atom. The van der Waals surface area contributed by atoms with Gasteiger partial charge in [0.2, 0.25) is 0 Å².